The number of pyridine rings is 2. The van der Waals surface area contributed by atoms with Crippen LogP contribution in [-0.4, -0.2) is 53.4 Å². The van der Waals surface area contributed by atoms with Gasteiger partial charge in [0.1, 0.15) is 17.1 Å². The van der Waals surface area contributed by atoms with Crippen molar-refractivity contribution in [3.8, 4) is 5.75 Å². The number of methoxy groups -OCH3 is 1. The van der Waals surface area contributed by atoms with Crippen LogP contribution in [0.25, 0.3) is 21.8 Å². The zero-order chi connectivity index (χ0) is 25.6. The van der Waals surface area contributed by atoms with Crippen molar-refractivity contribution in [3.63, 3.8) is 0 Å². The van der Waals surface area contributed by atoms with Gasteiger partial charge in [-0.2, -0.15) is 0 Å². The van der Waals surface area contributed by atoms with E-state index in [-0.39, 0.29) is 17.0 Å². The first-order valence-electron chi connectivity index (χ1n) is 11.9. The van der Waals surface area contributed by atoms with Gasteiger partial charge in [0.2, 0.25) is 5.43 Å². The molecule has 1 aliphatic rings. The average Bonchev–Trinajstić information content (AvgIpc) is 2.88. The number of carboxylic acids is 1. The minimum absolute atomic E-state index is 0.111. The van der Waals surface area contributed by atoms with Crippen molar-refractivity contribution in [2.75, 3.05) is 36.5 Å². The summed E-state index contributed by atoms with van der Waals surface area (Å²) in [6.07, 6.45) is 2.87. The molecule has 5 rings (SSSR count). The van der Waals surface area contributed by atoms with Crippen molar-refractivity contribution in [3.05, 3.63) is 70.4 Å². The number of rotatable bonds is 5. The van der Waals surface area contributed by atoms with Crippen molar-refractivity contribution < 1.29 is 19.0 Å². The van der Waals surface area contributed by atoms with Gasteiger partial charge in [-0.25, -0.2) is 9.18 Å². The third-order valence-electron chi connectivity index (χ3n) is 6.91. The van der Waals surface area contributed by atoms with Crippen molar-refractivity contribution >= 4 is 39.1 Å². The Morgan fingerprint density at radius 3 is 2.75 bits per heavy atom. The number of anilines is 2. The number of aromatic carboxylic acids is 1. The Bertz CT molecular complexity index is 1550. The van der Waals surface area contributed by atoms with Crippen LogP contribution in [0.15, 0.2) is 53.6 Å². The summed E-state index contributed by atoms with van der Waals surface area (Å²) in [6.45, 7) is 6.27. The number of fused-ring (bicyclic) bond motifs is 3. The lowest BCUT2D eigenvalue weighted by molar-refractivity contribution is 0.0695. The summed E-state index contributed by atoms with van der Waals surface area (Å²) in [6, 6.07) is 11.0. The number of carbonyl (C=O) groups is 1. The third-order valence-corrected chi connectivity index (χ3v) is 6.91. The van der Waals surface area contributed by atoms with Crippen LogP contribution in [0.1, 0.15) is 24.2 Å². The summed E-state index contributed by atoms with van der Waals surface area (Å²) in [4.78, 5) is 33.5. The molecule has 0 amide bonds. The van der Waals surface area contributed by atoms with Crippen LogP contribution in [-0.2, 0) is 6.54 Å². The predicted molar refractivity (Wildman–Crippen MR) is 138 cm³/mol. The van der Waals surface area contributed by atoms with E-state index in [4.69, 9.17) is 4.74 Å². The minimum Gasteiger partial charge on any atom is -0.497 e. The second kappa shape index (κ2) is 9.14. The molecular weight excluding hydrogens is 463 g/mol. The number of aryl methyl sites for hydroxylation is 1. The van der Waals surface area contributed by atoms with Crippen LogP contribution in [0.3, 0.4) is 0 Å². The molecule has 1 unspecified atom stereocenters. The summed E-state index contributed by atoms with van der Waals surface area (Å²) in [5.74, 6) is -0.995. The van der Waals surface area contributed by atoms with Gasteiger partial charge in [0, 0.05) is 55.6 Å². The molecule has 9 heteroatoms. The Morgan fingerprint density at radius 1 is 1.25 bits per heavy atom. The normalized spacial score (nSPS) is 16.1. The predicted octanol–water partition coefficient (Wildman–Crippen LogP) is 4.13. The van der Waals surface area contributed by atoms with Gasteiger partial charge in [-0.05, 0) is 38.1 Å². The lowest BCUT2D eigenvalue weighted by Gasteiger charge is -2.42. The molecule has 2 aromatic carbocycles. The smallest absolute Gasteiger partial charge is 0.341 e. The maximum atomic E-state index is 15.5. The number of halogens is 1. The van der Waals surface area contributed by atoms with Crippen LogP contribution in [0.4, 0.5) is 15.8 Å². The molecule has 36 heavy (non-hydrogen) atoms. The van der Waals surface area contributed by atoms with Crippen molar-refractivity contribution in [2.24, 2.45) is 0 Å². The lowest BCUT2D eigenvalue weighted by atomic mass is 10.0. The maximum absolute atomic E-state index is 15.5. The molecule has 1 fully saturated rings. The maximum Gasteiger partial charge on any atom is 0.341 e. The standard InChI is InChI=1S/C27H27FN4O4/c1-4-30-15-20(27(34)35)26(33)25-19-11-21(28)23(12-22(19)29-13-24(25)30)31-8-9-32(16(2)14-31)17-6-5-7-18(10-17)36-3/h5-7,10-13,15-16H,4,8-9,14H2,1-3H3,(H,34,35). The Morgan fingerprint density at radius 2 is 2.06 bits per heavy atom. The molecule has 1 N–H and O–H groups in total. The molecule has 2 aromatic heterocycles. The van der Waals surface area contributed by atoms with Gasteiger partial charge in [0.25, 0.3) is 0 Å². The van der Waals surface area contributed by atoms with Crippen LogP contribution in [0.5, 0.6) is 5.75 Å². The molecule has 1 aliphatic heterocycles. The van der Waals surface area contributed by atoms with E-state index in [1.54, 1.807) is 23.9 Å². The van der Waals surface area contributed by atoms with Gasteiger partial charge in [-0.1, -0.05) is 6.07 Å². The van der Waals surface area contributed by atoms with Crippen LogP contribution in [0, 0.1) is 5.82 Å². The van der Waals surface area contributed by atoms with E-state index in [9.17, 15) is 14.7 Å². The fourth-order valence-corrected chi connectivity index (χ4v) is 5.07. The minimum atomic E-state index is -1.31. The molecule has 4 aromatic rings. The number of nitrogens with zero attached hydrogens (tertiary/aromatic N) is 4. The Balaban J connectivity index is 1.54. The second-order valence-electron chi connectivity index (χ2n) is 8.99. The van der Waals surface area contributed by atoms with Gasteiger partial charge in [0.15, 0.2) is 0 Å². The Kier molecular flexibility index (Phi) is 5.99. The quantitative estimate of drug-likeness (QED) is 0.421. The number of aromatic nitrogens is 2. The largest absolute Gasteiger partial charge is 0.497 e. The fraction of sp³-hybridized carbons (Fsp3) is 0.296. The zero-order valence-electron chi connectivity index (χ0n) is 20.4. The topological polar surface area (TPSA) is 87.9 Å². The highest BCUT2D eigenvalue weighted by molar-refractivity contribution is 6.07. The molecule has 0 aliphatic carbocycles. The summed E-state index contributed by atoms with van der Waals surface area (Å²) in [5.41, 5.74) is 1.41. The number of hydrogen-bond acceptors (Lipinski definition) is 6. The molecule has 1 atom stereocenters. The summed E-state index contributed by atoms with van der Waals surface area (Å²) in [7, 11) is 1.64. The van der Waals surface area contributed by atoms with Gasteiger partial charge < -0.3 is 24.2 Å². The zero-order valence-corrected chi connectivity index (χ0v) is 20.4. The summed E-state index contributed by atoms with van der Waals surface area (Å²) in [5, 5.41) is 10.0. The number of hydrogen-bond donors (Lipinski definition) is 1. The van der Waals surface area contributed by atoms with E-state index < -0.39 is 17.2 Å². The third kappa shape index (κ3) is 3.90. The molecule has 8 nitrogen and oxygen atoms in total. The van der Waals surface area contributed by atoms with Gasteiger partial charge in [0.05, 0.1) is 35.4 Å². The molecule has 0 radical (unpaired) electrons. The molecule has 1 saturated heterocycles. The van der Waals surface area contributed by atoms with Gasteiger partial charge >= 0.3 is 5.97 Å². The summed E-state index contributed by atoms with van der Waals surface area (Å²) >= 11 is 0. The van der Waals surface area contributed by atoms with E-state index in [0.29, 0.717) is 48.3 Å². The first-order chi connectivity index (χ1) is 17.3. The molecule has 3 heterocycles. The van der Waals surface area contributed by atoms with Gasteiger partial charge in [-0.15, -0.1) is 0 Å². The fourth-order valence-electron chi connectivity index (χ4n) is 5.07. The first kappa shape index (κ1) is 23.6. The van der Waals surface area contributed by atoms with Crippen molar-refractivity contribution in [1.82, 2.24) is 9.55 Å². The molecule has 0 bridgehead atoms. The van der Waals surface area contributed by atoms with Gasteiger partial charge in [-0.3, -0.25) is 9.78 Å². The lowest BCUT2D eigenvalue weighted by Crippen LogP contribution is -2.52. The molecule has 0 spiro atoms. The van der Waals surface area contributed by atoms with Crippen LogP contribution in [0.2, 0.25) is 0 Å². The molecule has 186 valence electrons. The van der Waals surface area contributed by atoms with E-state index >= 15 is 4.39 Å². The number of benzene rings is 2. The Labute approximate surface area is 207 Å². The number of ether oxygens (including phenoxy) is 1. The van der Waals surface area contributed by atoms with E-state index in [2.05, 4.69) is 16.8 Å². The Hall–Kier alpha value is -4.14. The van der Waals surface area contributed by atoms with Crippen molar-refractivity contribution in [1.29, 1.82) is 0 Å². The highest BCUT2D eigenvalue weighted by Gasteiger charge is 2.27. The van der Waals surface area contributed by atoms with Crippen molar-refractivity contribution in [2.45, 2.75) is 26.4 Å². The highest BCUT2D eigenvalue weighted by Crippen LogP contribution is 2.32. The molecular formula is C27H27FN4O4. The monoisotopic (exact) mass is 490 g/mol. The summed E-state index contributed by atoms with van der Waals surface area (Å²) < 4.78 is 22.5. The van der Waals surface area contributed by atoms with E-state index in [1.807, 2.05) is 36.1 Å². The molecule has 0 saturated carbocycles. The SMILES string of the molecule is CCn1cc(C(=O)O)c(=O)c2c3cc(F)c(N4CCN(c5cccc(OC)c5)C(C)C4)cc3ncc21. The number of piperazine rings is 1. The van der Waals surface area contributed by atoms with E-state index in [0.717, 1.165) is 11.4 Å². The number of carboxylic acid groups (broad SMARTS) is 1. The highest BCUT2D eigenvalue weighted by atomic mass is 19.1. The first-order valence-corrected chi connectivity index (χ1v) is 11.9. The average molecular weight is 491 g/mol. The second-order valence-corrected chi connectivity index (χ2v) is 8.99. The van der Waals surface area contributed by atoms with E-state index in [1.165, 1.54) is 12.3 Å². The van der Waals surface area contributed by atoms with Crippen LogP contribution >= 0.6 is 0 Å². The van der Waals surface area contributed by atoms with Crippen LogP contribution < -0.4 is 20.0 Å².